The fourth-order valence-electron chi connectivity index (χ4n) is 3.20. The van der Waals surface area contributed by atoms with Gasteiger partial charge in [-0.05, 0) is 61.0 Å². The summed E-state index contributed by atoms with van der Waals surface area (Å²) in [5, 5.41) is 2.82. The molecule has 8 heteroatoms. The molecule has 0 bridgehead atoms. The highest BCUT2D eigenvalue weighted by Crippen LogP contribution is 2.25. The highest BCUT2D eigenvalue weighted by molar-refractivity contribution is 7.92. The normalized spacial score (nSPS) is 11.0. The Balaban J connectivity index is 1.80. The summed E-state index contributed by atoms with van der Waals surface area (Å²) in [5.41, 5.74) is 3.39. The predicted octanol–water partition coefficient (Wildman–Crippen LogP) is 3.58. The van der Waals surface area contributed by atoms with E-state index in [9.17, 15) is 13.2 Å². The minimum Gasteiger partial charge on any atom is -0.497 e. The first-order valence-electron chi connectivity index (χ1n) is 10.5. The fourth-order valence-corrected chi connectivity index (χ4v) is 4.62. The highest BCUT2D eigenvalue weighted by atomic mass is 32.2. The monoisotopic (exact) mass is 467 g/mol. The number of aryl methyl sites for hydroxylation is 1. The zero-order valence-electron chi connectivity index (χ0n) is 19.3. The van der Waals surface area contributed by atoms with Crippen LogP contribution < -0.4 is 19.3 Å². The van der Waals surface area contributed by atoms with Gasteiger partial charge in [0.2, 0.25) is 5.91 Å². The molecule has 0 aromatic heterocycles. The van der Waals surface area contributed by atoms with Gasteiger partial charge in [-0.3, -0.25) is 9.10 Å². The Labute approximate surface area is 195 Å². The number of anilines is 2. The maximum Gasteiger partial charge on any atom is 0.264 e. The second kappa shape index (κ2) is 10.4. The first-order chi connectivity index (χ1) is 15.7. The molecular formula is C25H29N3O4S. The molecule has 33 heavy (non-hydrogen) atoms. The number of rotatable bonds is 9. The molecule has 174 valence electrons. The van der Waals surface area contributed by atoms with Crippen molar-refractivity contribution in [3.05, 3.63) is 83.9 Å². The third kappa shape index (κ3) is 6.04. The number of ether oxygens (including phenoxy) is 1. The third-order valence-electron chi connectivity index (χ3n) is 5.20. The lowest BCUT2D eigenvalue weighted by molar-refractivity contribution is -0.119. The zero-order valence-corrected chi connectivity index (χ0v) is 20.1. The molecule has 0 saturated carbocycles. The quantitative estimate of drug-likeness (QED) is 0.520. The summed E-state index contributed by atoms with van der Waals surface area (Å²) in [6.07, 6.45) is 0. The van der Waals surface area contributed by atoms with Crippen LogP contribution in [0.1, 0.15) is 11.1 Å². The maximum absolute atomic E-state index is 13.4. The van der Waals surface area contributed by atoms with E-state index in [-0.39, 0.29) is 11.4 Å². The van der Waals surface area contributed by atoms with E-state index in [4.69, 9.17) is 4.74 Å². The predicted molar refractivity (Wildman–Crippen MR) is 131 cm³/mol. The molecule has 1 N–H and O–H groups in total. The van der Waals surface area contributed by atoms with Gasteiger partial charge < -0.3 is 15.0 Å². The molecule has 3 rings (SSSR count). The summed E-state index contributed by atoms with van der Waals surface area (Å²) in [5.74, 6) is 0.151. The molecule has 0 aliphatic heterocycles. The zero-order chi connectivity index (χ0) is 24.0. The molecular weight excluding hydrogens is 438 g/mol. The lowest BCUT2D eigenvalue weighted by Gasteiger charge is -2.24. The van der Waals surface area contributed by atoms with Crippen LogP contribution in [-0.4, -0.2) is 42.1 Å². The van der Waals surface area contributed by atoms with Crippen LogP contribution in [0.3, 0.4) is 0 Å². The molecule has 0 radical (unpaired) electrons. The third-order valence-corrected chi connectivity index (χ3v) is 6.99. The molecule has 0 fully saturated rings. The Morgan fingerprint density at radius 3 is 2.00 bits per heavy atom. The molecule has 0 saturated heterocycles. The van der Waals surface area contributed by atoms with Crippen LogP contribution in [0.15, 0.2) is 77.7 Å². The van der Waals surface area contributed by atoms with Crippen molar-refractivity contribution in [3.8, 4) is 5.75 Å². The van der Waals surface area contributed by atoms with E-state index in [1.165, 1.54) is 19.2 Å². The van der Waals surface area contributed by atoms with Crippen molar-refractivity contribution < 1.29 is 17.9 Å². The molecule has 0 aliphatic carbocycles. The summed E-state index contributed by atoms with van der Waals surface area (Å²) in [4.78, 5) is 14.8. The summed E-state index contributed by atoms with van der Waals surface area (Å²) in [6, 6.07) is 20.9. The molecule has 7 nitrogen and oxygen atoms in total. The molecule has 3 aromatic carbocycles. The van der Waals surface area contributed by atoms with Crippen molar-refractivity contribution in [1.29, 1.82) is 0 Å². The average molecular weight is 468 g/mol. The van der Waals surface area contributed by atoms with Gasteiger partial charge in [0.15, 0.2) is 0 Å². The summed E-state index contributed by atoms with van der Waals surface area (Å²) in [6.45, 7) is 1.88. The Kier molecular flexibility index (Phi) is 7.60. The number of methoxy groups -OCH3 is 1. The Morgan fingerprint density at radius 1 is 0.879 bits per heavy atom. The standard InChI is InChI=1S/C25H29N3O4S/c1-19-5-9-22(10-6-19)28(33(30,31)24-15-13-23(32-4)14-16-24)18-25(29)26-17-20-7-11-21(12-8-20)27(2)3/h5-16H,17-18H2,1-4H3,(H,26,29). The van der Waals surface area contributed by atoms with E-state index in [0.29, 0.717) is 18.0 Å². The number of nitrogens with zero attached hydrogens (tertiary/aromatic N) is 2. The van der Waals surface area contributed by atoms with Crippen LogP contribution in [0.4, 0.5) is 11.4 Å². The van der Waals surface area contributed by atoms with Crippen LogP contribution in [-0.2, 0) is 21.4 Å². The van der Waals surface area contributed by atoms with E-state index in [1.54, 1.807) is 24.3 Å². The molecule has 0 atom stereocenters. The van der Waals surface area contributed by atoms with Gasteiger partial charge in [-0.1, -0.05) is 29.8 Å². The first kappa shape index (κ1) is 24.1. The van der Waals surface area contributed by atoms with Gasteiger partial charge in [0.05, 0.1) is 17.7 Å². The van der Waals surface area contributed by atoms with Crippen LogP contribution >= 0.6 is 0 Å². The number of carbonyl (C=O) groups excluding carboxylic acids is 1. The van der Waals surface area contributed by atoms with Crippen LogP contribution in [0.25, 0.3) is 0 Å². The van der Waals surface area contributed by atoms with Crippen molar-refractivity contribution in [3.63, 3.8) is 0 Å². The minimum atomic E-state index is -3.97. The largest absolute Gasteiger partial charge is 0.497 e. The molecule has 0 aliphatic rings. The molecule has 0 spiro atoms. The molecule has 1 amide bonds. The van der Waals surface area contributed by atoms with Gasteiger partial charge >= 0.3 is 0 Å². The second-order valence-electron chi connectivity index (χ2n) is 7.86. The number of nitrogens with one attached hydrogen (secondary N) is 1. The summed E-state index contributed by atoms with van der Waals surface area (Å²) >= 11 is 0. The van der Waals surface area contributed by atoms with E-state index in [0.717, 1.165) is 21.1 Å². The summed E-state index contributed by atoms with van der Waals surface area (Å²) in [7, 11) is 1.46. The van der Waals surface area contributed by atoms with Crippen molar-refractivity contribution >= 4 is 27.3 Å². The topological polar surface area (TPSA) is 79.0 Å². The van der Waals surface area contributed by atoms with Gasteiger partial charge in [-0.25, -0.2) is 8.42 Å². The number of amides is 1. The van der Waals surface area contributed by atoms with E-state index < -0.39 is 15.9 Å². The molecule has 0 unspecified atom stereocenters. The van der Waals surface area contributed by atoms with Gasteiger partial charge in [-0.15, -0.1) is 0 Å². The van der Waals surface area contributed by atoms with Crippen LogP contribution in [0.2, 0.25) is 0 Å². The van der Waals surface area contributed by atoms with Gasteiger partial charge in [0.1, 0.15) is 12.3 Å². The second-order valence-corrected chi connectivity index (χ2v) is 9.72. The van der Waals surface area contributed by atoms with E-state index >= 15 is 0 Å². The fraction of sp³-hybridized carbons (Fsp3) is 0.240. The first-order valence-corrected chi connectivity index (χ1v) is 11.9. The Morgan fingerprint density at radius 2 is 1.45 bits per heavy atom. The minimum absolute atomic E-state index is 0.0796. The number of hydrogen-bond acceptors (Lipinski definition) is 5. The van der Waals surface area contributed by atoms with Crippen LogP contribution in [0.5, 0.6) is 5.75 Å². The lowest BCUT2D eigenvalue weighted by atomic mass is 10.2. The number of hydrogen-bond donors (Lipinski definition) is 1. The highest BCUT2D eigenvalue weighted by Gasteiger charge is 2.27. The number of benzene rings is 3. The van der Waals surface area contributed by atoms with Crippen LogP contribution in [0, 0.1) is 6.92 Å². The van der Waals surface area contributed by atoms with Crippen molar-refractivity contribution in [2.75, 3.05) is 37.0 Å². The van der Waals surface area contributed by atoms with Crippen molar-refractivity contribution in [2.24, 2.45) is 0 Å². The van der Waals surface area contributed by atoms with Gasteiger partial charge in [0, 0.05) is 26.3 Å². The van der Waals surface area contributed by atoms with Gasteiger partial charge in [0.25, 0.3) is 10.0 Å². The SMILES string of the molecule is COc1ccc(S(=O)(=O)N(CC(=O)NCc2ccc(N(C)C)cc2)c2ccc(C)cc2)cc1. The smallest absolute Gasteiger partial charge is 0.264 e. The van der Waals surface area contributed by atoms with E-state index in [2.05, 4.69) is 5.32 Å². The average Bonchev–Trinajstić information content (AvgIpc) is 2.82. The molecule has 0 heterocycles. The Hall–Kier alpha value is -3.52. The van der Waals surface area contributed by atoms with Crippen molar-refractivity contribution in [2.45, 2.75) is 18.4 Å². The maximum atomic E-state index is 13.4. The summed E-state index contributed by atoms with van der Waals surface area (Å²) < 4.78 is 33.1. The molecule has 3 aromatic rings. The number of carbonyl (C=O) groups is 1. The number of sulfonamides is 1. The van der Waals surface area contributed by atoms with Crippen molar-refractivity contribution in [1.82, 2.24) is 5.32 Å². The lowest BCUT2D eigenvalue weighted by Crippen LogP contribution is -2.40. The Bertz CT molecular complexity index is 1170. The van der Waals surface area contributed by atoms with E-state index in [1.807, 2.05) is 62.3 Å². The van der Waals surface area contributed by atoms with Gasteiger partial charge in [-0.2, -0.15) is 0 Å².